The minimum atomic E-state index is -0.0659. The Morgan fingerprint density at radius 1 is 1.08 bits per heavy atom. The molecule has 3 aromatic carbocycles. The Hall–Kier alpha value is -3.02. The molecule has 1 amide bonds. The van der Waals surface area contributed by atoms with E-state index in [0.717, 1.165) is 17.5 Å². The molecule has 1 saturated carbocycles. The Labute approximate surface area is 222 Å². The van der Waals surface area contributed by atoms with Gasteiger partial charge in [-0.25, -0.2) is 5.43 Å². The van der Waals surface area contributed by atoms with E-state index < -0.39 is 0 Å². The van der Waals surface area contributed by atoms with Crippen LogP contribution in [0, 0.1) is 5.92 Å². The number of carbonyl (C=O) groups excluding carboxylic acids is 1. The van der Waals surface area contributed by atoms with Crippen molar-refractivity contribution in [2.45, 2.75) is 45.1 Å². The van der Waals surface area contributed by atoms with Crippen LogP contribution in [-0.4, -0.2) is 19.2 Å². The molecule has 2 atom stereocenters. The number of benzene rings is 3. The van der Waals surface area contributed by atoms with E-state index in [9.17, 15) is 4.79 Å². The maximum atomic E-state index is 12.6. The maximum absolute atomic E-state index is 12.6. The summed E-state index contributed by atoms with van der Waals surface area (Å²) in [5.74, 6) is 1.29. The third-order valence-corrected chi connectivity index (χ3v) is 7.13. The smallest absolute Gasteiger partial charge is 0.243 e. The third kappa shape index (κ3) is 6.21. The van der Waals surface area contributed by atoms with E-state index >= 15 is 0 Å². The second-order valence-electron chi connectivity index (χ2n) is 9.97. The number of carbonyl (C=O) groups is 1. The molecule has 1 N–H and O–H groups in total. The van der Waals surface area contributed by atoms with Crippen LogP contribution in [0.4, 0.5) is 0 Å². The van der Waals surface area contributed by atoms with Crippen LogP contribution in [0.5, 0.6) is 11.5 Å². The number of amides is 1. The lowest BCUT2D eigenvalue weighted by molar-refractivity contribution is -0.122. The summed E-state index contributed by atoms with van der Waals surface area (Å²) in [6.45, 7) is 6.82. The van der Waals surface area contributed by atoms with Crippen molar-refractivity contribution in [3.05, 3.63) is 93.0 Å². The lowest BCUT2D eigenvalue weighted by atomic mass is 9.86. The van der Waals surface area contributed by atoms with Crippen molar-refractivity contribution in [3.8, 4) is 11.5 Å². The molecule has 0 unspecified atom stereocenters. The number of halogens is 2. The number of hydrogen-bond acceptors (Lipinski definition) is 4. The van der Waals surface area contributed by atoms with Gasteiger partial charge in [0.1, 0.15) is 23.1 Å². The molecule has 3 aromatic rings. The molecular weight excluding hydrogens is 495 g/mol. The minimum Gasteiger partial charge on any atom is -0.496 e. The molecule has 1 aliphatic rings. The van der Waals surface area contributed by atoms with Crippen LogP contribution < -0.4 is 14.9 Å². The number of nitrogens with zero attached hydrogens (tertiary/aromatic N) is 1. The van der Waals surface area contributed by atoms with Crippen LogP contribution in [0.1, 0.15) is 55.4 Å². The minimum absolute atomic E-state index is 0.0510. The Kier molecular flexibility index (Phi) is 7.91. The topological polar surface area (TPSA) is 59.9 Å². The predicted octanol–water partition coefficient (Wildman–Crippen LogP) is 7.13. The second-order valence-corrected chi connectivity index (χ2v) is 10.8. The Bertz CT molecular complexity index is 1270. The molecular formula is C29H30Cl2N2O3. The summed E-state index contributed by atoms with van der Waals surface area (Å²) >= 11 is 12.3. The van der Waals surface area contributed by atoms with E-state index in [0.29, 0.717) is 21.5 Å². The van der Waals surface area contributed by atoms with E-state index in [-0.39, 0.29) is 29.8 Å². The fraction of sp³-hybridized carbons (Fsp3) is 0.310. The normalized spacial score (nSPS) is 17.2. The zero-order valence-electron chi connectivity index (χ0n) is 20.8. The summed E-state index contributed by atoms with van der Waals surface area (Å²) in [7, 11) is 1.60. The largest absolute Gasteiger partial charge is 0.496 e. The van der Waals surface area contributed by atoms with E-state index in [2.05, 4.69) is 55.6 Å². The van der Waals surface area contributed by atoms with Gasteiger partial charge in [0.2, 0.25) is 5.91 Å². The molecule has 0 spiro atoms. The van der Waals surface area contributed by atoms with Gasteiger partial charge in [-0.05, 0) is 64.8 Å². The molecule has 1 fully saturated rings. The quantitative estimate of drug-likeness (QED) is 0.251. The first-order chi connectivity index (χ1) is 17.2. The highest BCUT2D eigenvalue weighted by atomic mass is 35.5. The van der Waals surface area contributed by atoms with Crippen LogP contribution in [-0.2, 0) is 16.8 Å². The first kappa shape index (κ1) is 26.1. The molecule has 5 nitrogen and oxygen atoms in total. The van der Waals surface area contributed by atoms with E-state index in [1.807, 2.05) is 18.2 Å². The summed E-state index contributed by atoms with van der Waals surface area (Å²) in [5.41, 5.74) is 6.90. The fourth-order valence-electron chi connectivity index (χ4n) is 4.08. The lowest BCUT2D eigenvalue weighted by Crippen LogP contribution is -2.20. The van der Waals surface area contributed by atoms with Crippen molar-refractivity contribution in [2.24, 2.45) is 11.0 Å². The molecule has 0 heterocycles. The van der Waals surface area contributed by atoms with Crippen LogP contribution in [0.3, 0.4) is 0 Å². The predicted molar refractivity (Wildman–Crippen MR) is 146 cm³/mol. The molecule has 36 heavy (non-hydrogen) atoms. The van der Waals surface area contributed by atoms with Gasteiger partial charge < -0.3 is 9.47 Å². The van der Waals surface area contributed by atoms with E-state index in [1.54, 1.807) is 31.5 Å². The van der Waals surface area contributed by atoms with Gasteiger partial charge in [-0.15, -0.1) is 0 Å². The van der Waals surface area contributed by atoms with Crippen LogP contribution >= 0.6 is 23.2 Å². The fourth-order valence-corrected chi connectivity index (χ4v) is 4.43. The summed E-state index contributed by atoms with van der Waals surface area (Å²) < 4.78 is 11.3. The average molecular weight is 525 g/mol. The van der Waals surface area contributed by atoms with Crippen molar-refractivity contribution in [1.82, 2.24) is 5.43 Å². The lowest BCUT2D eigenvalue weighted by Gasteiger charge is -2.19. The van der Waals surface area contributed by atoms with Crippen molar-refractivity contribution in [1.29, 1.82) is 0 Å². The standard InChI is InChI=1S/C29H30Cl2N2O3/c1-29(2,3)21-11-9-19(10-12-21)22-15-23(22)28(34)33-32-16-18-8-13-25(35-4)20(14-18)17-36-26-7-5-6-24(30)27(26)31/h5-14,16,22-23H,15,17H2,1-4H3,(H,33,34)/t22-,23-/m1/s1. The SMILES string of the molecule is COc1ccc(C=NNC(=O)[C@@H]2C[C@@H]2c2ccc(C(C)(C)C)cc2)cc1COc1cccc(Cl)c1Cl. The molecule has 4 rings (SSSR count). The van der Waals surface area contributed by atoms with Gasteiger partial charge in [0.05, 0.1) is 18.3 Å². The van der Waals surface area contributed by atoms with Gasteiger partial charge in [-0.3, -0.25) is 4.79 Å². The molecule has 188 valence electrons. The number of ether oxygens (including phenoxy) is 2. The van der Waals surface area contributed by atoms with Crippen molar-refractivity contribution in [3.63, 3.8) is 0 Å². The van der Waals surface area contributed by atoms with Gasteiger partial charge in [0.15, 0.2) is 0 Å². The van der Waals surface area contributed by atoms with Crippen molar-refractivity contribution >= 4 is 35.3 Å². The maximum Gasteiger partial charge on any atom is 0.243 e. The first-order valence-electron chi connectivity index (χ1n) is 11.8. The van der Waals surface area contributed by atoms with Gasteiger partial charge in [0, 0.05) is 11.5 Å². The zero-order valence-corrected chi connectivity index (χ0v) is 22.4. The number of hydrogen-bond donors (Lipinski definition) is 1. The average Bonchev–Trinajstić information content (AvgIpc) is 3.66. The van der Waals surface area contributed by atoms with Crippen molar-refractivity contribution in [2.75, 3.05) is 7.11 Å². The molecule has 0 aliphatic heterocycles. The summed E-state index contributed by atoms with van der Waals surface area (Å²) in [5, 5.41) is 4.96. The number of nitrogens with one attached hydrogen (secondary N) is 1. The molecule has 0 radical (unpaired) electrons. The highest BCUT2D eigenvalue weighted by Gasteiger charge is 2.44. The van der Waals surface area contributed by atoms with Crippen LogP contribution in [0.2, 0.25) is 10.0 Å². The second kappa shape index (κ2) is 10.9. The molecule has 0 bridgehead atoms. The van der Waals surface area contributed by atoms with Gasteiger partial charge in [-0.2, -0.15) is 5.10 Å². The summed E-state index contributed by atoms with van der Waals surface area (Å²) in [6, 6.07) is 19.4. The number of methoxy groups -OCH3 is 1. The first-order valence-corrected chi connectivity index (χ1v) is 12.6. The number of rotatable bonds is 8. The molecule has 1 aliphatic carbocycles. The van der Waals surface area contributed by atoms with Gasteiger partial charge >= 0.3 is 0 Å². The van der Waals surface area contributed by atoms with E-state index in [4.69, 9.17) is 32.7 Å². The summed E-state index contributed by atoms with van der Waals surface area (Å²) in [4.78, 5) is 12.6. The Balaban J connectivity index is 1.35. The molecule has 0 aromatic heterocycles. The summed E-state index contributed by atoms with van der Waals surface area (Å²) in [6.07, 6.45) is 2.45. The Morgan fingerprint density at radius 3 is 2.53 bits per heavy atom. The Morgan fingerprint density at radius 2 is 1.83 bits per heavy atom. The van der Waals surface area contributed by atoms with Crippen LogP contribution in [0.15, 0.2) is 65.8 Å². The monoisotopic (exact) mass is 524 g/mol. The third-order valence-electron chi connectivity index (χ3n) is 6.32. The zero-order chi connectivity index (χ0) is 25.9. The van der Waals surface area contributed by atoms with Crippen LogP contribution in [0.25, 0.3) is 0 Å². The van der Waals surface area contributed by atoms with Gasteiger partial charge in [-0.1, -0.05) is 74.3 Å². The van der Waals surface area contributed by atoms with Gasteiger partial charge in [0.25, 0.3) is 0 Å². The van der Waals surface area contributed by atoms with Crippen molar-refractivity contribution < 1.29 is 14.3 Å². The van der Waals surface area contributed by atoms with E-state index in [1.165, 1.54) is 11.1 Å². The number of hydrazone groups is 1. The molecule has 0 saturated heterocycles. The highest BCUT2D eigenvalue weighted by molar-refractivity contribution is 6.42. The molecule has 7 heteroatoms. The highest BCUT2D eigenvalue weighted by Crippen LogP contribution is 2.47.